The van der Waals surface area contributed by atoms with Crippen LogP contribution in [0.3, 0.4) is 0 Å². The average molecular weight is 242 g/mol. The normalized spacial score (nSPS) is 17.7. The fourth-order valence-electron chi connectivity index (χ4n) is 2.32. The molecule has 0 aromatic carbocycles. The molecule has 0 heterocycles. The largest absolute Gasteiger partial charge is 0.481 e. The summed E-state index contributed by atoms with van der Waals surface area (Å²) in [4.78, 5) is 15.4. The number of rotatable bonds is 9. The number of hydrogen-bond acceptors (Lipinski definition) is 3. The summed E-state index contributed by atoms with van der Waals surface area (Å²) in [7, 11) is 4.17. The van der Waals surface area contributed by atoms with Crippen molar-refractivity contribution in [3.8, 4) is 0 Å². The summed E-state index contributed by atoms with van der Waals surface area (Å²) < 4.78 is 0. The van der Waals surface area contributed by atoms with Gasteiger partial charge in [-0.05, 0) is 58.4 Å². The minimum absolute atomic E-state index is 0.0972. The molecule has 0 unspecified atom stereocenters. The van der Waals surface area contributed by atoms with E-state index in [9.17, 15) is 4.79 Å². The first-order chi connectivity index (χ1) is 7.97. The number of aliphatic carboxylic acids is 1. The Labute approximate surface area is 105 Å². The Morgan fingerprint density at radius 1 is 1.29 bits per heavy atom. The van der Waals surface area contributed by atoms with E-state index in [2.05, 4.69) is 30.8 Å². The van der Waals surface area contributed by atoms with Gasteiger partial charge in [0, 0.05) is 6.54 Å². The highest BCUT2D eigenvalue weighted by atomic mass is 16.4. The van der Waals surface area contributed by atoms with E-state index >= 15 is 0 Å². The summed E-state index contributed by atoms with van der Waals surface area (Å²) in [6.07, 6.45) is 3.67. The molecule has 0 aliphatic heterocycles. The first kappa shape index (κ1) is 14.5. The van der Waals surface area contributed by atoms with E-state index in [1.54, 1.807) is 0 Å². The molecule has 0 atom stereocenters. The lowest BCUT2D eigenvalue weighted by atomic mass is 10.0. The van der Waals surface area contributed by atoms with Crippen molar-refractivity contribution in [2.45, 2.75) is 32.6 Å². The van der Waals surface area contributed by atoms with Crippen LogP contribution in [-0.2, 0) is 4.79 Å². The lowest BCUT2D eigenvalue weighted by molar-refractivity contribution is -0.138. The zero-order valence-electron chi connectivity index (χ0n) is 11.4. The predicted molar refractivity (Wildman–Crippen MR) is 69.2 cm³/mol. The third-order valence-electron chi connectivity index (χ3n) is 3.57. The molecule has 0 saturated heterocycles. The van der Waals surface area contributed by atoms with Crippen LogP contribution in [0.15, 0.2) is 0 Å². The van der Waals surface area contributed by atoms with Crippen LogP contribution in [0.25, 0.3) is 0 Å². The number of carbonyl (C=O) groups is 1. The summed E-state index contributed by atoms with van der Waals surface area (Å²) >= 11 is 0. The molecule has 1 N–H and O–H groups in total. The second-order valence-corrected chi connectivity index (χ2v) is 5.60. The van der Waals surface area contributed by atoms with Crippen LogP contribution in [0.1, 0.15) is 32.6 Å². The molecule has 1 aliphatic rings. The van der Waals surface area contributed by atoms with Crippen molar-refractivity contribution in [2.24, 2.45) is 5.41 Å². The Morgan fingerprint density at radius 2 is 1.94 bits per heavy atom. The Hall–Kier alpha value is -0.610. The number of carboxylic acids is 1. The average Bonchev–Trinajstić information content (AvgIpc) is 2.95. The topological polar surface area (TPSA) is 43.8 Å². The molecule has 100 valence electrons. The van der Waals surface area contributed by atoms with Gasteiger partial charge in [-0.25, -0.2) is 0 Å². The van der Waals surface area contributed by atoms with Gasteiger partial charge < -0.3 is 14.9 Å². The second kappa shape index (κ2) is 6.36. The van der Waals surface area contributed by atoms with Crippen molar-refractivity contribution in [1.29, 1.82) is 0 Å². The summed E-state index contributed by atoms with van der Waals surface area (Å²) in [6.45, 7) is 6.32. The number of nitrogens with zero attached hydrogens (tertiary/aromatic N) is 2. The van der Waals surface area contributed by atoms with Gasteiger partial charge >= 0.3 is 5.97 Å². The van der Waals surface area contributed by atoms with Crippen LogP contribution >= 0.6 is 0 Å². The summed E-state index contributed by atoms with van der Waals surface area (Å²) in [5.41, 5.74) is 0.0972. The Kier molecular flexibility index (Phi) is 5.40. The summed E-state index contributed by atoms with van der Waals surface area (Å²) in [5.74, 6) is -0.646. The SMILES string of the molecule is CCN(CCCN(C)C)CC1(CC(=O)O)CC1. The molecule has 4 heteroatoms. The molecule has 0 aromatic rings. The van der Waals surface area contributed by atoms with Crippen LogP contribution < -0.4 is 0 Å². The van der Waals surface area contributed by atoms with E-state index in [1.807, 2.05) is 0 Å². The van der Waals surface area contributed by atoms with Gasteiger partial charge in [-0.2, -0.15) is 0 Å². The summed E-state index contributed by atoms with van der Waals surface area (Å²) in [5, 5.41) is 8.90. The fourth-order valence-corrected chi connectivity index (χ4v) is 2.32. The van der Waals surface area contributed by atoms with Crippen LogP contribution in [0.5, 0.6) is 0 Å². The van der Waals surface area contributed by atoms with Crippen LogP contribution in [0.4, 0.5) is 0 Å². The Morgan fingerprint density at radius 3 is 2.35 bits per heavy atom. The lowest BCUT2D eigenvalue weighted by Crippen LogP contribution is -2.33. The van der Waals surface area contributed by atoms with E-state index < -0.39 is 5.97 Å². The highest BCUT2D eigenvalue weighted by Crippen LogP contribution is 2.49. The minimum Gasteiger partial charge on any atom is -0.481 e. The van der Waals surface area contributed by atoms with Gasteiger partial charge in [0.1, 0.15) is 0 Å². The number of hydrogen-bond donors (Lipinski definition) is 1. The molecule has 0 bridgehead atoms. The van der Waals surface area contributed by atoms with E-state index in [4.69, 9.17) is 5.11 Å². The van der Waals surface area contributed by atoms with Crippen molar-refractivity contribution in [3.63, 3.8) is 0 Å². The van der Waals surface area contributed by atoms with E-state index in [-0.39, 0.29) is 5.41 Å². The third-order valence-corrected chi connectivity index (χ3v) is 3.57. The maximum Gasteiger partial charge on any atom is 0.303 e. The highest BCUT2D eigenvalue weighted by Gasteiger charge is 2.45. The first-order valence-electron chi connectivity index (χ1n) is 6.56. The molecule has 1 rings (SSSR count). The first-order valence-corrected chi connectivity index (χ1v) is 6.56. The molecule has 1 saturated carbocycles. The van der Waals surface area contributed by atoms with E-state index in [0.717, 1.165) is 45.4 Å². The maximum absolute atomic E-state index is 10.8. The maximum atomic E-state index is 10.8. The Balaban J connectivity index is 2.29. The van der Waals surface area contributed by atoms with E-state index in [1.165, 1.54) is 0 Å². The quantitative estimate of drug-likeness (QED) is 0.665. The molecule has 0 amide bonds. The fraction of sp³-hybridized carbons (Fsp3) is 0.923. The third kappa shape index (κ3) is 5.50. The summed E-state index contributed by atoms with van der Waals surface area (Å²) in [6, 6.07) is 0. The molecule has 1 aliphatic carbocycles. The molecule has 1 fully saturated rings. The molecule has 0 aromatic heterocycles. The molecule has 17 heavy (non-hydrogen) atoms. The van der Waals surface area contributed by atoms with Crippen molar-refractivity contribution < 1.29 is 9.90 Å². The van der Waals surface area contributed by atoms with Gasteiger partial charge in [-0.1, -0.05) is 6.92 Å². The minimum atomic E-state index is -0.646. The second-order valence-electron chi connectivity index (χ2n) is 5.60. The predicted octanol–water partition coefficient (Wildman–Crippen LogP) is 1.51. The number of carboxylic acid groups (broad SMARTS) is 1. The van der Waals surface area contributed by atoms with Gasteiger partial charge in [-0.15, -0.1) is 0 Å². The smallest absolute Gasteiger partial charge is 0.303 e. The van der Waals surface area contributed by atoms with Gasteiger partial charge in [-0.3, -0.25) is 4.79 Å². The van der Waals surface area contributed by atoms with Gasteiger partial charge in [0.25, 0.3) is 0 Å². The van der Waals surface area contributed by atoms with Crippen LogP contribution in [0.2, 0.25) is 0 Å². The zero-order valence-corrected chi connectivity index (χ0v) is 11.4. The van der Waals surface area contributed by atoms with Crippen LogP contribution in [-0.4, -0.2) is 61.2 Å². The van der Waals surface area contributed by atoms with Crippen molar-refractivity contribution in [2.75, 3.05) is 40.3 Å². The molecular formula is C13H26N2O2. The highest BCUT2D eigenvalue weighted by molar-refractivity contribution is 5.68. The van der Waals surface area contributed by atoms with Gasteiger partial charge in [0.15, 0.2) is 0 Å². The molecule has 0 spiro atoms. The van der Waals surface area contributed by atoms with Crippen molar-refractivity contribution >= 4 is 5.97 Å². The van der Waals surface area contributed by atoms with Gasteiger partial charge in [0.2, 0.25) is 0 Å². The molecular weight excluding hydrogens is 216 g/mol. The Bertz CT molecular complexity index is 250. The lowest BCUT2D eigenvalue weighted by Gasteiger charge is -2.26. The van der Waals surface area contributed by atoms with Crippen molar-refractivity contribution in [1.82, 2.24) is 9.80 Å². The van der Waals surface area contributed by atoms with Gasteiger partial charge in [0.05, 0.1) is 6.42 Å². The standard InChI is InChI=1S/C13H26N2O2/c1-4-15(9-5-8-14(2)3)11-13(6-7-13)10-12(16)17/h4-11H2,1-3H3,(H,16,17). The van der Waals surface area contributed by atoms with Crippen molar-refractivity contribution in [3.05, 3.63) is 0 Å². The molecule has 0 radical (unpaired) electrons. The monoisotopic (exact) mass is 242 g/mol. The van der Waals surface area contributed by atoms with Crippen LogP contribution in [0, 0.1) is 5.41 Å². The molecule has 4 nitrogen and oxygen atoms in total. The van der Waals surface area contributed by atoms with E-state index in [0.29, 0.717) is 6.42 Å². The zero-order chi connectivity index (χ0) is 12.9.